The van der Waals surface area contributed by atoms with Crippen molar-refractivity contribution in [1.29, 1.82) is 0 Å². The molecule has 2 atom stereocenters. The van der Waals surface area contributed by atoms with Crippen LogP contribution in [0.4, 0.5) is 4.39 Å². The Bertz CT molecular complexity index is 721. The van der Waals surface area contributed by atoms with Crippen LogP contribution in [-0.2, 0) is 0 Å². The second-order valence-corrected chi connectivity index (χ2v) is 7.12. The number of nitrogens with zero attached hydrogens (tertiary/aromatic N) is 1. The third-order valence-corrected chi connectivity index (χ3v) is 5.04. The summed E-state index contributed by atoms with van der Waals surface area (Å²) in [4.78, 5) is 4.94. The maximum absolute atomic E-state index is 14.2. The lowest BCUT2D eigenvalue weighted by Gasteiger charge is -2.37. The van der Waals surface area contributed by atoms with E-state index in [2.05, 4.69) is 32.9 Å². The molecule has 0 bridgehead atoms. The summed E-state index contributed by atoms with van der Waals surface area (Å²) in [5.74, 6) is 0.586. The van der Waals surface area contributed by atoms with Gasteiger partial charge < -0.3 is 0 Å². The predicted octanol–water partition coefficient (Wildman–Crippen LogP) is 4.90. The number of rotatable bonds is 0. The van der Waals surface area contributed by atoms with Crippen LogP contribution in [0.25, 0.3) is 6.08 Å². The maximum atomic E-state index is 14.2. The van der Waals surface area contributed by atoms with E-state index in [1.165, 1.54) is 16.9 Å². The first-order valence-corrected chi connectivity index (χ1v) is 7.71. The van der Waals surface area contributed by atoms with Crippen LogP contribution >= 0.6 is 0 Å². The lowest BCUT2D eigenvalue weighted by atomic mass is 9.71. The van der Waals surface area contributed by atoms with E-state index in [-0.39, 0.29) is 17.3 Å². The lowest BCUT2D eigenvalue weighted by molar-refractivity contribution is 0.521. The van der Waals surface area contributed by atoms with E-state index in [1.807, 2.05) is 6.07 Å². The second kappa shape index (κ2) is 4.16. The van der Waals surface area contributed by atoms with Crippen molar-refractivity contribution in [1.82, 2.24) is 0 Å². The van der Waals surface area contributed by atoms with Crippen molar-refractivity contribution in [2.75, 3.05) is 0 Å². The van der Waals surface area contributed by atoms with Crippen molar-refractivity contribution in [3.05, 3.63) is 52.4 Å². The third kappa shape index (κ3) is 1.92. The molecule has 1 aromatic rings. The molecule has 1 nitrogen and oxygen atoms in total. The summed E-state index contributed by atoms with van der Waals surface area (Å²) in [5.41, 5.74) is 5.90. The third-order valence-electron chi connectivity index (χ3n) is 5.04. The van der Waals surface area contributed by atoms with Gasteiger partial charge in [-0.2, -0.15) is 0 Å². The Morgan fingerprint density at radius 1 is 1.24 bits per heavy atom. The number of halogens is 1. The standard InChI is InChI=1S/C19H20FN/c1-11-10-19(2,3)21-17-8-13-7-12-5-4-6-16(20)18(12)15(13)9-14(11)17/h4-7,10,14-15H,8-9H2,1-3H3. The number of hydrogen-bond acceptors (Lipinski definition) is 1. The zero-order chi connectivity index (χ0) is 14.8. The summed E-state index contributed by atoms with van der Waals surface area (Å²) >= 11 is 0. The highest BCUT2D eigenvalue weighted by Crippen LogP contribution is 2.49. The molecule has 21 heavy (non-hydrogen) atoms. The van der Waals surface area contributed by atoms with Gasteiger partial charge in [0.1, 0.15) is 5.82 Å². The van der Waals surface area contributed by atoms with Gasteiger partial charge in [0.2, 0.25) is 0 Å². The van der Waals surface area contributed by atoms with Crippen LogP contribution in [0, 0.1) is 11.7 Å². The van der Waals surface area contributed by atoms with Crippen LogP contribution in [0.1, 0.15) is 50.7 Å². The first kappa shape index (κ1) is 13.0. The van der Waals surface area contributed by atoms with E-state index >= 15 is 0 Å². The van der Waals surface area contributed by atoms with Crippen LogP contribution in [-0.4, -0.2) is 11.3 Å². The van der Waals surface area contributed by atoms with E-state index in [0.717, 1.165) is 24.0 Å². The molecule has 4 rings (SSSR count). The molecule has 3 aliphatic rings. The monoisotopic (exact) mass is 281 g/mol. The van der Waals surface area contributed by atoms with E-state index in [9.17, 15) is 4.39 Å². The highest BCUT2D eigenvalue weighted by molar-refractivity contribution is 5.95. The van der Waals surface area contributed by atoms with Gasteiger partial charge in [0, 0.05) is 29.5 Å². The van der Waals surface area contributed by atoms with Gasteiger partial charge in [-0.25, -0.2) is 4.39 Å². The Kier molecular flexibility index (Phi) is 2.57. The van der Waals surface area contributed by atoms with Gasteiger partial charge in [-0.15, -0.1) is 0 Å². The molecule has 0 saturated heterocycles. The maximum Gasteiger partial charge on any atom is 0.127 e. The number of dihydropyridines is 1. The summed E-state index contributed by atoms with van der Waals surface area (Å²) in [6.45, 7) is 6.51. The van der Waals surface area contributed by atoms with Crippen molar-refractivity contribution < 1.29 is 4.39 Å². The molecule has 0 N–H and O–H groups in total. The Balaban J connectivity index is 1.78. The summed E-state index contributed by atoms with van der Waals surface area (Å²) in [5, 5.41) is 0. The molecule has 1 fully saturated rings. The smallest absolute Gasteiger partial charge is 0.127 e. The topological polar surface area (TPSA) is 12.4 Å². The number of allylic oxidation sites excluding steroid dienone is 2. The van der Waals surface area contributed by atoms with Crippen LogP contribution in [0.15, 0.2) is 40.4 Å². The van der Waals surface area contributed by atoms with Crippen molar-refractivity contribution >= 4 is 11.8 Å². The van der Waals surface area contributed by atoms with Gasteiger partial charge in [0.05, 0.1) is 5.54 Å². The summed E-state index contributed by atoms with van der Waals surface area (Å²) < 4.78 is 14.2. The fourth-order valence-electron chi connectivity index (χ4n) is 4.31. The Morgan fingerprint density at radius 3 is 2.86 bits per heavy atom. The van der Waals surface area contributed by atoms with E-state index in [0.29, 0.717) is 5.92 Å². The van der Waals surface area contributed by atoms with Gasteiger partial charge in [-0.3, -0.25) is 4.99 Å². The number of benzene rings is 1. The summed E-state index contributed by atoms with van der Waals surface area (Å²) in [6.07, 6.45) is 6.32. The fourth-order valence-corrected chi connectivity index (χ4v) is 4.31. The summed E-state index contributed by atoms with van der Waals surface area (Å²) in [6, 6.07) is 5.43. The molecular formula is C19H20FN. The number of fused-ring (bicyclic) bond motifs is 4. The van der Waals surface area contributed by atoms with Gasteiger partial charge in [-0.1, -0.05) is 35.4 Å². The Hall–Kier alpha value is -1.70. The van der Waals surface area contributed by atoms with Crippen LogP contribution < -0.4 is 0 Å². The molecule has 1 aliphatic heterocycles. The van der Waals surface area contributed by atoms with E-state index in [1.54, 1.807) is 12.1 Å². The van der Waals surface area contributed by atoms with Gasteiger partial charge in [0.15, 0.2) is 0 Å². The lowest BCUT2D eigenvalue weighted by Crippen LogP contribution is -2.33. The first-order valence-electron chi connectivity index (χ1n) is 7.71. The molecule has 108 valence electrons. The quantitative estimate of drug-likeness (QED) is 0.600. The van der Waals surface area contributed by atoms with Crippen LogP contribution in [0.5, 0.6) is 0 Å². The number of aliphatic imine (C=N–C) groups is 1. The molecular weight excluding hydrogens is 261 g/mol. The largest absolute Gasteiger partial charge is 0.283 e. The molecule has 0 spiro atoms. The molecule has 1 aromatic carbocycles. The second-order valence-electron chi connectivity index (χ2n) is 7.12. The zero-order valence-corrected chi connectivity index (χ0v) is 12.8. The van der Waals surface area contributed by atoms with Crippen molar-refractivity contribution in [2.45, 2.75) is 45.1 Å². The Labute approximate surface area is 125 Å². The first-order chi connectivity index (χ1) is 9.94. The fraction of sp³-hybridized carbons (Fsp3) is 0.421. The molecule has 0 amide bonds. The molecule has 0 aromatic heterocycles. The van der Waals surface area contributed by atoms with Gasteiger partial charge >= 0.3 is 0 Å². The molecule has 2 aliphatic carbocycles. The number of hydrogen-bond donors (Lipinski definition) is 0. The molecule has 1 heterocycles. The van der Waals surface area contributed by atoms with Crippen molar-refractivity contribution in [3.63, 3.8) is 0 Å². The van der Waals surface area contributed by atoms with Gasteiger partial charge in [-0.05, 0) is 38.8 Å². The normalized spacial score (nSPS) is 28.9. The average Bonchev–Trinajstić information content (AvgIpc) is 2.74. The molecule has 1 saturated carbocycles. The van der Waals surface area contributed by atoms with E-state index in [4.69, 9.17) is 4.99 Å². The van der Waals surface area contributed by atoms with E-state index < -0.39 is 0 Å². The minimum absolute atomic E-state index is 0.0538. The van der Waals surface area contributed by atoms with Crippen molar-refractivity contribution in [2.24, 2.45) is 10.9 Å². The molecule has 2 unspecified atom stereocenters. The van der Waals surface area contributed by atoms with Gasteiger partial charge in [0.25, 0.3) is 0 Å². The zero-order valence-electron chi connectivity index (χ0n) is 12.8. The Morgan fingerprint density at radius 2 is 2.05 bits per heavy atom. The van der Waals surface area contributed by atoms with Crippen LogP contribution in [0.2, 0.25) is 0 Å². The average molecular weight is 281 g/mol. The van der Waals surface area contributed by atoms with Crippen LogP contribution in [0.3, 0.4) is 0 Å². The predicted molar refractivity (Wildman–Crippen MR) is 85.1 cm³/mol. The molecule has 2 heteroatoms. The highest BCUT2D eigenvalue weighted by atomic mass is 19.1. The highest BCUT2D eigenvalue weighted by Gasteiger charge is 2.39. The van der Waals surface area contributed by atoms with Crippen molar-refractivity contribution in [3.8, 4) is 0 Å². The SMILES string of the molecule is CC1=CC(C)(C)N=C2CC3=Cc4cccc(F)c4C3CC12. The summed E-state index contributed by atoms with van der Waals surface area (Å²) in [7, 11) is 0. The molecule has 0 radical (unpaired) electrons. The minimum Gasteiger partial charge on any atom is -0.283 e. The minimum atomic E-state index is -0.0972.